The molecule has 1 saturated carbocycles. The van der Waals surface area contributed by atoms with Crippen LogP contribution in [0.5, 0.6) is 11.8 Å². The molecule has 0 unspecified atom stereocenters. The number of carbonyl (C=O) groups is 1. The number of carbonyl (C=O) groups excluding carboxylic acids is 1. The molecule has 0 bridgehead atoms. The third-order valence-electron chi connectivity index (χ3n) is 4.79. The predicted octanol–water partition coefficient (Wildman–Crippen LogP) is 2.60. The summed E-state index contributed by atoms with van der Waals surface area (Å²) >= 11 is 0. The van der Waals surface area contributed by atoms with Crippen LogP contribution in [0.1, 0.15) is 36.0 Å². The van der Waals surface area contributed by atoms with Crippen molar-refractivity contribution in [2.45, 2.75) is 48.5 Å². The van der Waals surface area contributed by atoms with Gasteiger partial charge in [0.1, 0.15) is 6.10 Å². The van der Waals surface area contributed by atoms with Crippen molar-refractivity contribution in [3.8, 4) is 11.8 Å². The smallest absolute Gasteiger partial charge is 0.341 e. The minimum absolute atomic E-state index is 0.143. The van der Waals surface area contributed by atoms with Crippen molar-refractivity contribution in [1.82, 2.24) is 15.3 Å². The number of sulfone groups is 1. The van der Waals surface area contributed by atoms with Gasteiger partial charge in [0.25, 0.3) is 17.7 Å². The molecule has 1 aliphatic carbocycles. The summed E-state index contributed by atoms with van der Waals surface area (Å²) in [6.45, 7) is 0. The molecule has 1 aromatic carbocycles. The highest BCUT2D eigenvalue weighted by Crippen LogP contribution is 2.28. The Morgan fingerprint density at radius 1 is 1.10 bits per heavy atom. The van der Waals surface area contributed by atoms with Crippen molar-refractivity contribution in [2.24, 2.45) is 0 Å². The van der Waals surface area contributed by atoms with E-state index in [1.165, 1.54) is 37.7 Å². The fourth-order valence-corrected chi connectivity index (χ4v) is 4.21. The highest BCUT2D eigenvalue weighted by atomic mass is 32.2. The standard InChI is InChI=1S/C19H21F2N3O5S/c1-28-17-18(23-11-10-22-17)29-13-8-6-12(7-9-13)24-16(25)14-4-2-3-5-15(14)30(26,27)19(20)21/h2-5,10-13,19H,6-9H2,1H3,(H,24,25). The maximum absolute atomic E-state index is 12.9. The van der Waals surface area contributed by atoms with Gasteiger partial charge < -0.3 is 14.8 Å². The highest BCUT2D eigenvalue weighted by Gasteiger charge is 2.32. The Morgan fingerprint density at radius 2 is 1.73 bits per heavy atom. The van der Waals surface area contributed by atoms with Crippen LogP contribution in [0.2, 0.25) is 0 Å². The fraction of sp³-hybridized carbons (Fsp3) is 0.421. The van der Waals surface area contributed by atoms with Crippen LogP contribution in [0.4, 0.5) is 8.78 Å². The summed E-state index contributed by atoms with van der Waals surface area (Å²) in [6.07, 6.45) is 5.21. The molecule has 11 heteroatoms. The Morgan fingerprint density at radius 3 is 2.37 bits per heavy atom. The molecular weight excluding hydrogens is 420 g/mol. The topological polar surface area (TPSA) is 107 Å². The van der Waals surface area contributed by atoms with Crippen molar-refractivity contribution < 1.29 is 31.5 Å². The molecule has 1 heterocycles. The molecule has 8 nitrogen and oxygen atoms in total. The molecule has 0 saturated heterocycles. The molecule has 1 aromatic heterocycles. The summed E-state index contributed by atoms with van der Waals surface area (Å²) in [4.78, 5) is 20.0. The van der Waals surface area contributed by atoms with Gasteiger partial charge in [0, 0.05) is 18.4 Å². The second-order valence-electron chi connectivity index (χ2n) is 6.74. The van der Waals surface area contributed by atoms with Crippen molar-refractivity contribution in [3.63, 3.8) is 0 Å². The van der Waals surface area contributed by atoms with E-state index in [-0.39, 0.29) is 23.6 Å². The van der Waals surface area contributed by atoms with E-state index < -0.39 is 26.4 Å². The van der Waals surface area contributed by atoms with Crippen molar-refractivity contribution in [2.75, 3.05) is 7.11 Å². The molecule has 162 valence electrons. The summed E-state index contributed by atoms with van der Waals surface area (Å²) in [5.41, 5.74) is -0.291. The number of benzene rings is 1. The van der Waals surface area contributed by atoms with Crippen LogP contribution in [0, 0.1) is 0 Å². The largest absolute Gasteiger partial charge is 0.477 e. The Hall–Kier alpha value is -2.82. The molecule has 0 aliphatic heterocycles. The zero-order chi connectivity index (χ0) is 21.7. The van der Waals surface area contributed by atoms with Gasteiger partial charge in [-0.3, -0.25) is 4.79 Å². The molecule has 1 fully saturated rings. The summed E-state index contributed by atoms with van der Waals surface area (Å²) in [6, 6.07) is 4.73. The Labute approximate surface area is 172 Å². The third kappa shape index (κ3) is 4.84. The molecule has 1 N–H and O–H groups in total. The maximum Gasteiger partial charge on any atom is 0.341 e. The predicted molar refractivity (Wildman–Crippen MR) is 102 cm³/mol. The molecule has 30 heavy (non-hydrogen) atoms. The van der Waals surface area contributed by atoms with Crippen LogP contribution in [0.3, 0.4) is 0 Å². The van der Waals surface area contributed by atoms with E-state index in [1.54, 1.807) is 0 Å². The zero-order valence-electron chi connectivity index (χ0n) is 16.1. The van der Waals surface area contributed by atoms with E-state index >= 15 is 0 Å². The van der Waals surface area contributed by atoms with Crippen LogP contribution in [0.25, 0.3) is 0 Å². The number of methoxy groups -OCH3 is 1. The Balaban J connectivity index is 1.61. The lowest BCUT2D eigenvalue weighted by molar-refractivity contribution is 0.0883. The van der Waals surface area contributed by atoms with Crippen molar-refractivity contribution >= 4 is 15.7 Å². The van der Waals surface area contributed by atoms with Crippen molar-refractivity contribution in [3.05, 3.63) is 42.2 Å². The van der Waals surface area contributed by atoms with Gasteiger partial charge in [-0.1, -0.05) is 12.1 Å². The monoisotopic (exact) mass is 441 g/mol. The number of hydrogen-bond acceptors (Lipinski definition) is 7. The second kappa shape index (κ2) is 9.33. The number of rotatable bonds is 7. The summed E-state index contributed by atoms with van der Waals surface area (Å²) in [5, 5.41) is 2.74. The van der Waals surface area contributed by atoms with E-state index in [2.05, 4.69) is 15.3 Å². The SMILES string of the molecule is COc1nccnc1OC1CCC(NC(=O)c2ccccc2S(=O)(=O)C(F)F)CC1. The molecule has 0 radical (unpaired) electrons. The molecule has 1 amide bonds. The van der Waals surface area contributed by atoms with E-state index in [4.69, 9.17) is 9.47 Å². The minimum Gasteiger partial charge on any atom is -0.477 e. The van der Waals surface area contributed by atoms with Gasteiger partial charge in [-0.2, -0.15) is 8.78 Å². The van der Waals surface area contributed by atoms with E-state index in [1.807, 2.05) is 0 Å². The average Bonchev–Trinajstić information content (AvgIpc) is 2.75. The summed E-state index contributed by atoms with van der Waals surface area (Å²) < 4.78 is 60.5. The first-order valence-corrected chi connectivity index (χ1v) is 10.8. The minimum atomic E-state index is -4.88. The fourth-order valence-electron chi connectivity index (χ4n) is 3.28. The summed E-state index contributed by atoms with van der Waals surface area (Å²) in [7, 11) is -3.41. The van der Waals surface area contributed by atoms with Gasteiger partial charge in [0.15, 0.2) is 0 Å². The number of amides is 1. The number of hydrogen-bond donors (Lipinski definition) is 1. The quantitative estimate of drug-likeness (QED) is 0.704. The average molecular weight is 441 g/mol. The maximum atomic E-state index is 12.9. The number of halogens is 2. The van der Waals surface area contributed by atoms with Crippen LogP contribution in [0.15, 0.2) is 41.6 Å². The first-order chi connectivity index (χ1) is 14.3. The van der Waals surface area contributed by atoms with Gasteiger partial charge >= 0.3 is 5.76 Å². The van der Waals surface area contributed by atoms with Crippen molar-refractivity contribution in [1.29, 1.82) is 0 Å². The van der Waals surface area contributed by atoms with Gasteiger partial charge in [-0.25, -0.2) is 18.4 Å². The van der Waals surface area contributed by atoms with E-state index in [0.29, 0.717) is 31.6 Å². The number of ether oxygens (including phenoxy) is 2. The number of aromatic nitrogens is 2. The number of alkyl halides is 2. The normalized spacial score (nSPS) is 19.3. The molecular formula is C19H21F2N3O5S. The lowest BCUT2D eigenvalue weighted by Crippen LogP contribution is -2.40. The van der Waals surface area contributed by atoms with Gasteiger partial charge in [0.05, 0.1) is 17.6 Å². The Bertz CT molecular complexity index is 995. The van der Waals surface area contributed by atoms with E-state index in [0.717, 1.165) is 6.07 Å². The number of nitrogens with zero attached hydrogens (tertiary/aromatic N) is 2. The van der Waals surface area contributed by atoms with Gasteiger partial charge in [0.2, 0.25) is 9.84 Å². The zero-order valence-corrected chi connectivity index (χ0v) is 16.9. The van der Waals surface area contributed by atoms with Crippen LogP contribution < -0.4 is 14.8 Å². The molecule has 0 atom stereocenters. The lowest BCUT2D eigenvalue weighted by atomic mass is 9.92. The Kier molecular flexibility index (Phi) is 6.80. The van der Waals surface area contributed by atoms with Crippen LogP contribution in [-0.2, 0) is 9.84 Å². The van der Waals surface area contributed by atoms with Crippen LogP contribution in [-0.4, -0.2) is 49.3 Å². The first-order valence-electron chi connectivity index (χ1n) is 9.26. The number of nitrogens with one attached hydrogen (secondary N) is 1. The first kappa shape index (κ1) is 21.9. The summed E-state index contributed by atoms with van der Waals surface area (Å²) in [5.74, 6) is -3.73. The van der Waals surface area contributed by atoms with E-state index in [9.17, 15) is 22.0 Å². The molecule has 0 spiro atoms. The molecule has 3 rings (SSSR count). The second-order valence-corrected chi connectivity index (χ2v) is 8.62. The molecule has 2 aromatic rings. The van der Waals surface area contributed by atoms with Gasteiger partial charge in [-0.05, 0) is 37.8 Å². The molecule has 1 aliphatic rings. The third-order valence-corrected chi connectivity index (χ3v) is 6.23. The lowest BCUT2D eigenvalue weighted by Gasteiger charge is -2.29. The highest BCUT2D eigenvalue weighted by molar-refractivity contribution is 7.91. The van der Waals surface area contributed by atoms with Gasteiger partial charge in [-0.15, -0.1) is 0 Å². The van der Waals surface area contributed by atoms with Crippen LogP contribution >= 0.6 is 0 Å².